The van der Waals surface area contributed by atoms with Crippen molar-refractivity contribution in [3.05, 3.63) is 47.9 Å². The van der Waals surface area contributed by atoms with Gasteiger partial charge in [0, 0.05) is 44.3 Å². The lowest BCUT2D eigenvalue weighted by molar-refractivity contribution is 0.174. The molecule has 1 unspecified atom stereocenters. The molecule has 0 spiro atoms. The van der Waals surface area contributed by atoms with Gasteiger partial charge in [0.05, 0.1) is 0 Å². The molecule has 1 atom stereocenters. The van der Waals surface area contributed by atoms with Crippen molar-refractivity contribution in [3.8, 4) is 11.5 Å². The smallest absolute Gasteiger partial charge is 0.231 e. The van der Waals surface area contributed by atoms with Crippen molar-refractivity contribution in [2.45, 2.75) is 31.7 Å². The zero-order valence-electron chi connectivity index (χ0n) is 17.6. The molecule has 2 aliphatic heterocycles. The zero-order chi connectivity index (χ0) is 21.1. The van der Waals surface area contributed by atoms with Crippen LogP contribution in [-0.2, 0) is 5.41 Å². The van der Waals surface area contributed by atoms with Crippen LogP contribution >= 0.6 is 0 Å². The number of benzene rings is 1. The number of aliphatic imine (C=N–C) groups is 1. The van der Waals surface area contributed by atoms with Crippen molar-refractivity contribution in [2.24, 2.45) is 4.99 Å². The predicted octanol–water partition coefficient (Wildman–Crippen LogP) is 2.67. The van der Waals surface area contributed by atoms with E-state index in [0.717, 1.165) is 36.0 Å². The molecule has 4 rings (SSSR count). The SMILES string of the molecule is CN=C(NCC(C)(C)c1ccc2c(c1)OCO2)NC1CCN(c2ncccc2F)C1. The first-order valence-electron chi connectivity index (χ1n) is 10.2. The molecule has 0 radical (unpaired) electrons. The van der Waals surface area contributed by atoms with Crippen LogP contribution in [0.3, 0.4) is 0 Å². The van der Waals surface area contributed by atoms with Gasteiger partial charge in [0.25, 0.3) is 0 Å². The molecule has 2 aromatic rings. The minimum atomic E-state index is -0.286. The van der Waals surface area contributed by atoms with Gasteiger partial charge in [-0.2, -0.15) is 0 Å². The highest BCUT2D eigenvalue weighted by Gasteiger charge is 2.27. The van der Waals surface area contributed by atoms with Gasteiger partial charge in [-0.25, -0.2) is 9.37 Å². The molecule has 2 N–H and O–H groups in total. The number of rotatable bonds is 5. The lowest BCUT2D eigenvalue weighted by Crippen LogP contribution is -2.48. The number of hydrogen-bond donors (Lipinski definition) is 2. The first-order chi connectivity index (χ1) is 14.5. The molecule has 0 aliphatic carbocycles. The molecule has 1 aromatic carbocycles. The van der Waals surface area contributed by atoms with E-state index >= 15 is 0 Å². The van der Waals surface area contributed by atoms with Gasteiger partial charge in [0.1, 0.15) is 0 Å². The molecule has 1 aromatic heterocycles. The highest BCUT2D eigenvalue weighted by molar-refractivity contribution is 5.80. The van der Waals surface area contributed by atoms with E-state index in [1.165, 1.54) is 6.07 Å². The molecule has 0 bridgehead atoms. The highest BCUT2D eigenvalue weighted by Crippen LogP contribution is 2.36. The number of nitrogens with one attached hydrogen (secondary N) is 2. The second kappa shape index (κ2) is 8.38. The summed E-state index contributed by atoms with van der Waals surface area (Å²) in [5, 5.41) is 6.88. The van der Waals surface area contributed by atoms with E-state index in [-0.39, 0.29) is 24.1 Å². The second-order valence-electron chi connectivity index (χ2n) is 8.26. The van der Waals surface area contributed by atoms with Gasteiger partial charge in [-0.3, -0.25) is 4.99 Å². The summed E-state index contributed by atoms with van der Waals surface area (Å²) < 4.78 is 24.9. The van der Waals surface area contributed by atoms with Gasteiger partial charge in [0.15, 0.2) is 29.1 Å². The number of nitrogens with zero attached hydrogens (tertiary/aromatic N) is 3. The van der Waals surface area contributed by atoms with E-state index in [1.807, 2.05) is 17.0 Å². The Kier molecular flexibility index (Phi) is 5.65. The Morgan fingerprint density at radius 3 is 2.93 bits per heavy atom. The maximum atomic E-state index is 14.0. The minimum Gasteiger partial charge on any atom is -0.454 e. The van der Waals surface area contributed by atoms with Crippen LogP contribution in [0.25, 0.3) is 0 Å². The third-order valence-corrected chi connectivity index (χ3v) is 5.64. The maximum absolute atomic E-state index is 14.0. The molecule has 1 fully saturated rings. The standard InChI is InChI=1S/C22H28FN5O2/c1-22(2,15-6-7-18-19(11-15)30-14-29-18)13-26-21(24-3)27-16-8-10-28(12-16)20-17(23)5-4-9-25-20/h4-7,9,11,16H,8,10,12-14H2,1-3H3,(H2,24,26,27). The number of pyridine rings is 1. The van der Waals surface area contributed by atoms with E-state index in [1.54, 1.807) is 19.3 Å². The van der Waals surface area contributed by atoms with Crippen molar-refractivity contribution in [2.75, 3.05) is 38.4 Å². The van der Waals surface area contributed by atoms with Crippen LogP contribution in [0.4, 0.5) is 10.2 Å². The molecule has 0 amide bonds. The second-order valence-corrected chi connectivity index (χ2v) is 8.26. The van der Waals surface area contributed by atoms with Gasteiger partial charge in [-0.1, -0.05) is 19.9 Å². The third kappa shape index (κ3) is 4.27. The molecule has 7 nitrogen and oxygen atoms in total. The summed E-state index contributed by atoms with van der Waals surface area (Å²) in [7, 11) is 1.76. The fourth-order valence-corrected chi connectivity index (χ4v) is 3.79. The van der Waals surface area contributed by atoms with Crippen LogP contribution in [0.1, 0.15) is 25.8 Å². The van der Waals surface area contributed by atoms with Crippen LogP contribution < -0.4 is 25.0 Å². The summed E-state index contributed by atoms with van der Waals surface area (Å²) in [6, 6.07) is 9.29. The van der Waals surface area contributed by atoms with Crippen LogP contribution in [-0.4, -0.2) is 50.5 Å². The van der Waals surface area contributed by atoms with Crippen molar-refractivity contribution in [1.29, 1.82) is 0 Å². The average molecular weight is 413 g/mol. The fourth-order valence-electron chi connectivity index (χ4n) is 3.79. The van der Waals surface area contributed by atoms with Gasteiger partial charge in [-0.15, -0.1) is 0 Å². The van der Waals surface area contributed by atoms with Gasteiger partial charge >= 0.3 is 0 Å². The highest BCUT2D eigenvalue weighted by atomic mass is 19.1. The molecule has 160 valence electrons. The Bertz CT molecular complexity index is 933. The molecule has 3 heterocycles. The lowest BCUT2D eigenvalue weighted by atomic mass is 9.84. The molecular formula is C22H28FN5O2. The van der Waals surface area contributed by atoms with Crippen molar-refractivity contribution in [1.82, 2.24) is 15.6 Å². The van der Waals surface area contributed by atoms with Crippen molar-refractivity contribution >= 4 is 11.8 Å². The number of halogens is 1. The predicted molar refractivity (Wildman–Crippen MR) is 115 cm³/mol. The summed E-state index contributed by atoms with van der Waals surface area (Å²) in [6.07, 6.45) is 2.51. The molecular weight excluding hydrogens is 385 g/mol. The zero-order valence-corrected chi connectivity index (χ0v) is 17.6. The van der Waals surface area contributed by atoms with E-state index in [2.05, 4.69) is 40.5 Å². The Hall–Kier alpha value is -3.03. The van der Waals surface area contributed by atoms with E-state index in [4.69, 9.17) is 9.47 Å². The Morgan fingerprint density at radius 2 is 2.13 bits per heavy atom. The number of hydrogen-bond acceptors (Lipinski definition) is 5. The average Bonchev–Trinajstić information content (AvgIpc) is 3.40. The Morgan fingerprint density at radius 1 is 1.30 bits per heavy atom. The topological polar surface area (TPSA) is 71.0 Å². The number of ether oxygens (including phenoxy) is 2. The molecule has 0 saturated carbocycles. The number of guanidine groups is 1. The van der Waals surface area contributed by atoms with Gasteiger partial charge in [0.2, 0.25) is 6.79 Å². The largest absolute Gasteiger partial charge is 0.454 e. The summed E-state index contributed by atoms with van der Waals surface area (Å²) in [4.78, 5) is 10.5. The van der Waals surface area contributed by atoms with Gasteiger partial charge < -0.3 is 25.0 Å². The number of aromatic nitrogens is 1. The number of anilines is 1. The minimum absolute atomic E-state index is 0.141. The first-order valence-corrected chi connectivity index (χ1v) is 10.2. The van der Waals surface area contributed by atoms with E-state index < -0.39 is 0 Å². The quantitative estimate of drug-likeness (QED) is 0.580. The summed E-state index contributed by atoms with van der Waals surface area (Å²) in [6.45, 7) is 6.75. The first kappa shape index (κ1) is 20.3. The Labute approximate surface area is 176 Å². The molecule has 30 heavy (non-hydrogen) atoms. The van der Waals surface area contributed by atoms with Crippen molar-refractivity contribution < 1.29 is 13.9 Å². The summed E-state index contributed by atoms with van der Waals surface area (Å²) in [5.41, 5.74) is 1.02. The van der Waals surface area contributed by atoms with E-state index in [9.17, 15) is 4.39 Å². The normalized spacial score (nSPS) is 18.6. The monoisotopic (exact) mass is 413 g/mol. The van der Waals surface area contributed by atoms with Crippen LogP contribution in [0.15, 0.2) is 41.5 Å². The molecule has 1 saturated heterocycles. The summed E-state index contributed by atoms with van der Waals surface area (Å²) >= 11 is 0. The lowest BCUT2D eigenvalue weighted by Gasteiger charge is -2.28. The van der Waals surface area contributed by atoms with Crippen LogP contribution in [0.2, 0.25) is 0 Å². The number of fused-ring (bicyclic) bond motifs is 1. The third-order valence-electron chi connectivity index (χ3n) is 5.64. The Balaban J connectivity index is 1.33. The van der Waals surface area contributed by atoms with E-state index in [0.29, 0.717) is 18.9 Å². The molecule has 8 heteroatoms. The van der Waals surface area contributed by atoms with Crippen LogP contribution in [0.5, 0.6) is 11.5 Å². The summed E-state index contributed by atoms with van der Waals surface area (Å²) in [5.74, 6) is 2.43. The fraction of sp³-hybridized carbons (Fsp3) is 0.455. The van der Waals surface area contributed by atoms with Gasteiger partial charge in [-0.05, 0) is 36.2 Å². The maximum Gasteiger partial charge on any atom is 0.231 e. The van der Waals surface area contributed by atoms with Crippen molar-refractivity contribution in [3.63, 3.8) is 0 Å². The van der Waals surface area contributed by atoms with Crippen LogP contribution in [0, 0.1) is 5.82 Å². The molecule has 2 aliphatic rings.